The molecule has 3 unspecified atom stereocenters. The zero-order valence-electron chi connectivity index (χ0n) is 9.72. The van der Waals surface area contributed by atoms with Crippen molar-refractivity contribution in [1.82, 2.24) is 4.90 Å². The number of amides is 1. The number of ether oxygens (including phenoxy) is 2. The Balaban J connectivity index is 1.90. The Bertz CT molecular complexity index is 252. The van der Waals surface area contributed by atoms with Gasteiger partial charge in [0, 0.05) is 25.7 Å². The second kappa shape index (κ2) is 5.12. The van der Waals surface area contributed by atoms with E-state index in [9.17, 15) is 4.79 Å². The lowest BCUT2D eigenvalue weighted by molar-refractivity contribution is -0.148. The lowest BCUT2D eigenvalue weighted by Crippen LogP contribution is -2.53. The summed E-state index contributed by atoms with van der Waals surface area (Å²) in [4.78, 5) is 13.9. The van der Waals surface area contributed by atoms with Crippen LogP contribution < -0.4 is 5.73 Å². The highest BCUT2D eigenvalue weighted by Crippen LogP contribution is 2.17. The Labute approximate surface area is 95.9 Å². The average Bonchev–Trinajstić information content (AvgIpc) is 2.81. The van der Waals surface area contributed by atoms with Crippen molar-refractivity contribution < 1.29 is 14.3 Å². The minimum absolute atomic E-state index is 0.0416. The summed E-state index contributed by atoms with van der Waals surface area (Å²) in [5, 5.41) is 0. The number of nitrogens with two attached hydrogens (primary N) is 1. The highest BCUT2D eigenvalue weighted by Gasteiger charge is 2.32. The fourth-order valence-electron chi connectivity index (χ4n) is 2.17. The maximum Gasteiger partial charge on any atom is 0.251 e. The molecule has 0 spiro atoms. The van der Waals surface area contributed by atoms with E-state index < -0.39 is 0 Å². The lowest BCUT2D eigenvalue weighted by Gasteiger charge is -2.35. The van der Waals surface area contributed by atoms with Gasteiger partial charge in [0.1, 0.15) is 6.10 Å². The van der Waals surface area contributed by atoms with Crippen molar-refractivity contribution in [2.75, 3.05) is 26.3 Å². The number of rotatable bonds is 2. The first-order valence-electron chi connectivity index (χ1n) is 5.96. The SMILES string of the molecule is CC(N)C1CN(C(=O)C2CCCO2)CCO1. The molecular formula is C11H20N2O3. The van der Waals surface area contributed by atoms with Crippen molar-refractivity contribution in [3.05, 3.63) is 0 Å². The minimum atomic E-state index is -0.230. The molecule has 0 radical (unpaired) electrons. The quantitative estimate of drug-likeness (QED) is 0.707. The van der Waals surface area contributed by atoms with Crippen LogP contribution in [0.3, 0.4) is 0 Å². The average molecular weight is 228 g/mol. The third-order valence-corrected chi connectivity index (χ3v) is 3.20. The van der Waals surface area contributed by atoms with Crippen LogP contribution in [0.2, 0.25) is 0 Å². The summed E-state index contributed by atoms with van der Waals surface area (Å²) in [5.74, 6) is 0.103. The monoisotopic (exact) mass is 228 g/mol. The maximum atomic E-state index is 12.1. The van der Waals surface area contributed by atoms with Crippen molar-refractivity contribution in [3.63, 3.8) is 0 Å². The van der Waals surface area contributed by atoms with Crippen LogP contribution in [-0.2, 0) is 14.3 Å². The van der Waals surface area contributed by atoms with Crippen molar-refractivity contribution in [1.29, 1.82) is 0 Å². The molecule has 0 aromatic heterocycles. The molecule has 2 rings (SSSR count). The molecule has 16 heavy (non-hydrogen) atoms. The van der Waals surface area contributed by atoms with Crippen molar-refractivity contribution in [3.8, 4) is 0 Å². The zero-order chi connectivity index (χ0) is 11.5. The van der Waals surface area contributed by atoms with Gasteiger partial charge in [-0.25, -0.2) is 0 Å². The van der Waals surface area contributed by atoms with E-state index in [2.05, 4.69) is 0 Å². The number of hydrogen-bond donors (Lipinski definition) is 1. The van der Waals surface area contributed by atoms with Crippen molar-refractivity contribution in [2.45, 2.75) is 38.0 Å². The molecule has 2 aliphatic rings. The molecule has 5 nitrogen and oxygen atoms in total. The van der Waals surface area contributed by atoms with Gasteiger partial charge >= 0.3 is 0 Å². The topological polar surface area (TPSA) is 64.8 Å². The van der Waals surface area contributed by atoms with Gasteiger partial charge in [-0.1, -0.05) is 0 Å². The number of morpholine rings is 1. The number of carbonyl (C=O) groups is 1. The summed E-state index contributed by atoms with van der Waals surface area (Å²) in [6.45, 7) is 4.44. The fourth-order valence-corrected chi connectivity index (χ4v) is 2.17. The maximum absolute atomic E-state index is 12.1. The van der Waals surface area contributed by atoms with Gasteiger partial charge in [-0.15, -0.1) is 0 Å². The highest BCUT2D eigenvalue weighted by atomic mass is 16.5. The van der Waals surface area contributed by atoms with Crippen LogP contribution in [0.5, 0.6) is 0 Å². The molecule has 0 aromatic carbocycles. The third-order valence-electron chi connectivity index (χ3n) is 3.20. The van der Waals surface area contributed by atoms with Gasteiger partial charge in [0.2, 0.25) is 0 Å². The van der Waals surface area contributed by atoms with E-state index in [-0.39, 0.29) is 24.2 Å². The van der Waals surface area contributed by atoms with Gasteiger partial charge in [-0.05, 0) is 19.8 Å². The molecule has 0 bridgehead atoms. The molecule has 3 atom stereocenters. The van der Waals surface area contributed by atoms with E-state index in [1.54, 1.807) is 0 Å². The van der Waals surface area contributed by atoms with Gasteiger partial charge in [0.05, 0.1) is 12.7 Å². The molecule has 2 heterocycles. The Kier molecular flexibility index (Phi) is 3.78. The van der Waals surface area contributed by atoms with Gasteiger partial charge in [-0.2, -0.15) is 0 Å². The van der Waals surface area contributed by atoms with Crippen molar-refractivity contribution in [2.24, 2.45) is 5.73 Å². The van der Waals surface area contributed by atoms with Gasteiger partial charge in [0.15, 0.2) is 0 Å². The summed E-state index contributed by atoms with van der Waals surface area (Å²) >= 11 is 0. The molecule has 0 aliphatic carbocycles. The summed E-state index contributed by atoms with van der Waals surface area (Å²) in [5.41, 5.74) is 5.79. The molecule has 2 fully saturated rings. The third kappa shape index (κ3) is 2.53. The van der Waals surface area contributed by atoms with E-state index in [1.807, 2.05) is 11.8 Å². The number of hydrogen-bond acceptors (Lipinski definition) is 4. The number of nitrogens with zero attached hydrogens (tertiary/aromatic N) is 1. The van der Waals surface area contributed by atoms with Crippen LogP contribution in [0.1, 0.15) is 19.8 Å². The van der Waals surface area contributed by atoms with Gasteiger partial charge in [-0.3, -0.25) is 4.79 Å². The van der Waals surface area contributed by atoms with Crippen LogP contribution in [0.4, 0.5) is 0 Å². The normalized spacial score (nSPS) is 32.8. The zero-order valence-corrected chi connectivity index (χ0v) is 9.72. The van der Waals surface area contributed by atoms with Crippen LogP contribution in [0.25, 0.3) is 0 Å². The molecule has 1 amide bonds. The molecule has 0 saturated carbocycles. The molecule has 92 valence electrons. The first-order valence-corrected chi connectivity index (χ1v) is 5.96. The fraction of sp³-hybridized carbons (Fsp3) is 0.909. The predicted molar refractivity (Wildman–Crippen MR) is 58.9 cm³/mol. The largest absolute Gasteiger partial charge is 0.373 e. The first-order chi connectivity index (χ1) is 7.68. The van der Waals surface area contributed by atoms with Crippen molar-refractivity contribution >= 4 is 5.91 Å². The van der Waals surface area contributed by atoms with E-state index >= 15 is 0 Å². The summed E-state index contributed by atoms with van der Waals surface area (Å²) in [7, 11) is 0. The van der Waals surface area contributed by atoms with Crippen LogP contribution in [-0.4, -0.2) is 55.4 Å². The predicted octanol–water partition coefficient (Wildman–Crippen LogP) is -0.260. The van der Waals surface area contributed by atoms with E-state index in [0.29, 0.717) is 26.3 Å². The summed E-state index contributed by atoms with van der Waals surface area (Å²) < 4.78 is 10.9. The van der Waals surface area contributed by atoms with Crippen LogP contribution in [0, 0.1) is 0 Å². The second-order valence-electron chi connectivity index (χ2n) is 4.55. The summed E-state index contributed by atoms with van der Waals surface area (Å²) in [6, 6.07) is -0.0416. The Morgan fingerprint density at radius 3 is 2.88 bits per heavy atom. The number of carbonyl (C=O) groups excluding carboxylic acids is 1. The van der Waals surface area contributed by atoms with E-state index in [1.165, 1.54) is 0 Å². The van der Waals surface area contributed by atoms with E-state index in [0.717, 1.165) is 12.8 Å². The Hall–Kier alpha value is -0.650. The smallest absolute Gasteiger partial charge is 0.251 e. The van der Waals surface area contributed by atoms with Gasteiger partial charge in [0.25, 0.3) is 5.91 Å². The molecule has 2 N–H and O–H groups in total. The molecular weight excluding hydrogens is 208 g/mol. The minimum Gasteiger partial charge on any atom is -0.373 e. The Morgan fingerprint density at radius 2 is 2.25 bits per heavy atom. The molecule has 5 heteroatoms. The molecule has 2 aliphatic heterocycles. The lowest BCUT2D eigenvalue weighted by atomic mass is 10.1. The van der Waals surface area contributed by atoms with Crippen LogP contribution >= 0.6 is 0 Å². The van der Waals surface area contributed by atoms with Crippen LogP contribution in [0.15, 0.2) is 0 Å². The standard InChI is InChI=1S/C11H20N2O3/c1-8(12)10-7-13(4-6-16-10)11(14)9-3-2-5-15-9/h8-10H,2-7,12H2,1H3. The summed E-state index contributed by atoms with van der Waals surface area (Å²) in [6.07, 6.45) is 1.56. The second-order valence-corrected chi connectivity index (χ2v) is 4.55. The highest BCUT2D eigenvalue weighted by molar-refractivity contribution is 5.81. The Morgan fingerprint density at radius 1 is 1.44 bits per heavy atom. The van der Waals surface area contributed by atoms with Gasteiger partial charge < -0.3 is 20.1 Å². The molecule has 2 saturated heterocycles. The van der Waals surface area contributed by atoms with E-state index in [4.69, 9.17) is 15.2 Å². The first kappa shape index (κ1) is 11.8. The molecule has 0 aromatic rings.